The third-order valence-electron chi connectivity index (χ3n) is 5.04. The summed E-state index contributed by atoms with van der Waals surface area (Å²) in [7, 11) is 0. The molecule has 0 aromatic rings. The lowest BCUT2D eigenvalue weighted by Crippen LogP contribution is -2.44. The average molecular weight is 266 g/mol. The van der Waals surface area contributed by atoms with Crippen LogP contribution in [0, 0.1) is 5.92 Å². The number of allylic oxidation sites excluding steroid dienone is 1. The van der Waals surface area contributed by atoms with Gasteiger partial charge in [-0.2, -0.15) is 0 Å². The first-order valence-corrected chi connectivity index (χ1v) is 7.88. The van der Waals surface area contributed by atoms with E-state index in [2.05, 4.69) is 6.08 Å². The van der Waals surface area contributed by atoms with Crippen LogP contribution >= 0.6 is 0 Å². The van der Waals surface area contributed by atoms with Crippen LogP contribution in [-0.4, -0.2) is 36.6 Å². The summed E-state index contributed by atoms with van der Waals surface area (Å²) < 4.78 is 11.6. The van der Waals surface area contributed by atoms with Gasteiger partial charge in [0.25, 0.3) is 0 Å². The molecule has 2 saturated heterocycles. The van der Waals surface area contributed by atoms with Gasteiger partial charge < -0.3 is 14.6 Å². The van der Waals surface area contributed by atoms with E-state index in [9.17, 15) is 5.11 Å². The quantitative estimate of drug-likeness (QED) is 0.742. The SMILES string of the molecule is OC1C=C(C2CCOC3(CCOCC3)C2)CCCC1. The van der Waals surface area contributed by atoms with Gasteiger partial charge in [0.1, 0.15) is 0 Å². The Hall–Kier alpha value is -0.380. The van der Waals surface area contributed by atoms with Crippen molar-refractivity contribution in [2.24, 2.45) is 5.92 Å². The molecular weight excluding hydrogens is 240 g/mol. The van der Waals surface area contributed by atoms with Crippen molar-refractivity contribution < 1.29 is 14.6 Å². The van der Waals surface area contributed by atoms with Crippen LogP contribution in [0.5, 0.6) is 0 Å². The van der Waals surface area contributed by atoms with Gasteiger partial charge in [-0.25, -0.2) is 0 Å². The third-order valence-corrected chi connectivity index (χ3v) is 5.04. The zero-order chi connectivity index (χ0) is 13.1. The Morgan fingerprint density at radius 1 is 1.11 bits per heavy atom. The molecule has 3 heteroatoms. The van der Waals surface area contributed by atoms with Gasteiger partial charge >= 0.3 is 0 Å². The molecule has 1 aliphatic carbocycles. The van der Waals surface area contributed by atoms with Crippen molar-refractivity contribution in [2.75, 3.05) is 19.8 Å². The molecule has 0 amide bonds. The van der Waals surface area contributed by atoms with Gasteiger partial charge in [0, 0.05) is 19.8 Å². The smallest absolute Gasteiger partial charge is 0.0732 e. The van der Waals surface area contributed by atoms with Gasteiger partial charge in [0.15, 0.2) is 0 Å². The Morgan fingerprint density at radius 2 is 1.95 bits per heavy atom. The van der Waals surface area contributed by atoms with Crippen molar-refractivity contribution in [2.45, 2.75) is 63.1 Å². The predicted molar refractivity (Wildman–Crippen MR) is 74.0 cm³/mol. The lowest BCUT2D eigenvalue weighted by Gasteiger charge is -2.44. The molecule has 19 heavy (non-hydrogen) atoms. The summed E-state index contributed by atoms with van der Waals surface area (Å²) >= 11 is 0. The second kappa shape index (κ2) is 5.94. The summed E-state index contributed by atoms with van der Waals surface area (Å²) in [6.45, 7) is 2.56. The number of rotatable bonds is 1. The molecule has 108 valence electrons. The molecule has 0 aromatic carbocycles. The number of aliphatic hydroxyl groups is 1. The summed E-state index contributed by atoms with van der Waals surface area (Å²) in [5.41, 5.74) is 1.57. The van der Waals surface area contributed by atoms with Crippen LogP contribution in [0.25, 0.3) is 0 Å². The summed E-state index contributed by atoms with van der Waals surface area (Å²) in [6.07, 6.45) is 10.8. The van der Waals surface area contributed by atoms with Gasteiger partial charge in [-0.05, 0) is 50.9 Å². The fourth-order valence-electron chi connectivity index (χ4n) is 3.87. The highest BCUT2D eigenvalue weighted by molar-refractivity contribution is 5.13. The second-order valence-corrected chi connectivity index (χ2v) is 6.39. The number of aliphatic hydroxyl groups excluding tert-OH is 1. The fraction of sp³-hybridized carbons (Fsp3) is 0.875. The van der Waals surface area contributed by atoms with Gasteiger partial charge in [0.2, 0.25) is 0 Å². The number of ether oxygens (including phenoxy) is 2. The van der Waals surface area contributed by atoms with Crippen LogP contribution in [0.15, 0.2) is 11.6 Å². The largest absolute Gasteiger partial charge is 0.389 e. The standard InChI is InChI=1S/C16H26O3/c17-15-4-2-1-3-13(11-15)14-5-8-19-16(12-14)6-9-18-10-7-16/h11,14-15,17H,1-10,12H2. The van der Waals surface area contributed by atoms with Gasteiger partial charge in [-0.1, -0.05) is 18.1 Å². The summed E-state index contributed by atoms with van der Waals surface area (Å²) in [5, 5.41) is 9.96. The van der Waals surface area contributed by atoms with Crippen LogP contribution in [-0.2, 0) is 9.47 Å². The first kappa shape index (κ1) is 13.6. The van der Waals surface area contributed by atoms with Crippen molar-refractivity contribution in [1.29, 1.82) is 0 Å². The maximum atomic E-state index is 9.96. The molecule has 3 nitrogen and oxygen atoms in total. The van der Waals surface area contributed by atoms with Gasteiger partial charge in [-0.3, -0.25) is 0 Å². The molecule has 2 fully saturated rings. The lowest BCUT2D eigenvalue weighted by atomic mass is 9.76. The molecular formula is C16H26O3. The van der Waals surface area contributed by atoms with Crippen LogP contribution in [0.1, 0.15) is 51.4 Å². The fourth-order valence-corrected chi connectivity index (χ4v) is 3.87. The van der Waals surface area contributed by atoms with E-state index < -0.39 is 0 Å². The first-order chi connectivity index (χ1) is 9.27. The normalized spacial score (nSPS) is 35.7. The van der Waals surface area contributed by atoms with E-state index in [0.29, 0.717) is 5.92 Å². The highest BCUT2D eigenvalue weighted by Gasteiger charge is 2.39. The highest BCUT2D eigenvalue weighted by Crippen LogP contribution is 2.41. The average Bonchev–Trinajstić information content (AvgIpc) is 2.64. The van der Waals surface area contributed by atoms with Crippen LogP contribution in [0.4, 0.5) is 0 Å². The van der Waals surface area contributed by atoms with E-state index in [1.165, 1.54) is 18.4 Å². The molecule has 0 aromatic heterocycles. The molecule has 3 aliphatic rings. The maximum Gasteiger partial charge on any atom is 0.0732 e. The zero-order valence-corrected chi connectivity index (χ0v) is 11.8. The minimum Gasteiger partial charge on any atom is -0.389 e. The minimum absolute atomic E-state index is 0.0687. The summed E-state index contributed by atoms with van der Waals surface area (Å²) in [5.74, 6) is 0.625. The molecule has 2 unspecified atom stereocenters. The topological polar surface area (TPSA) is 38.7 Å². The molecule has 2 atom stereocenters. The van der Waals surface area contributed by atoms with Gasteiger partial charge in [-0.15, -0.1) is 0 Å². The summed E-state index contributed by atoms with van der Waals surface area (Å²) in [4.78, 5) is 0. The first-order valence-electron chi connectivity index (χ1n) is 7.88. The van der Waals surface area contributed by atoms with E-state index in [4.69, 9.17) is 9.47 Å². The highest BCUT2D eigenvalue weighted by atomic mass is 16.5. The zero-order valence-electron chi connectivity index (χ0n) is 11.8. The molecule has 2 heterocycles. The Morgan fingerprint density at radius 3 is 2.79 bits per heavy atom. The molecule has 1 spiro atoms. The lowest BCUT2D eigenvalue weighted by molar-refractivity contribution is -0.143. The van der Waals surface area contributed by atoms with Crippen molar-refractivity contribution in [3.63, 3.8) is 0 Å². The summed E-state index contributed by atoms with van der Waals surface area (Å²) in [6, 6.07) is 0. The van der Waals surface area contributed by atoms with Crippen LogP contribution in [0.2, 0.25) is 0 Å². The third kappa shape index (κ3) is 3.21. The number of hydrogen-bond acceptors (Lipinski definition) is 3. The van der Waals surface area contributed by atoms with Gasteiger partial charge in [0.05, 0.1) is 11.7 Å². The Kier molecular flexibility index (Phi) is 4.25. The van der Waals surface area contributed by atoms with Crippen molar-refractivity contribution in [3.05, 3.63) is 11.6 Å². The van der Waals surface area contributed by atoms with E-state index in [1.54, 1.807) is 0 Å². The minimum atomic E-state index is -0.217. The maximum absolute atomic E-state index is 9.96. The van der Waals surface area contributed by atoms with Crippen LogP contribution in [0.3, 0.4) is 0 Å². The van der Waals surface area contributed by atoms with Crippen molar-refractivity contribution >= 4 is 0 Å². The second-order valence-electron chi connectivity index (χ2n) is 6.39. The predicted octanol–water partition coefficient (Wildman–Crippen LogP) is 2.82. The Balaban J connectivity index is 1.70. The van der Waals surface area contributed by atoms with Crippen LogP contribution < -0.4 is 0 Å². The molecule has 0 saturated carbocycles. The molecule has 2 aliphatic heterocycles. The molecule has 1 N–H and O–H groups in total. The van der Waals surface area contributed by atoms with E-state index in [0.717, 1.165) is 58.3 Å². The number of hydrogen-bond donors (Lipinski definition) is 1. The van der Waals surface area contributed by atoms with E-state index in [-0.39, 0.29) is 11.7 Å². The van der Waals surface area contributed by atoms with E-state index in [1.807, 2.05) is 0 Å². The Labute approximate surface area is 116 Å². The molecule has 3 rings (SSSR count). The molecule has 0 radical (unpaired) electrons. The Bertz CT molecular complexity index is 325. The van der Waals surface area contributed by atoms with Crippen molar-refractivity contribution in [1.82, 2.24) is 0 Å². The van der Waals surface area contributed by atoms with E-state index >= 15 is 0 Å². The molecule has 0 bridgehead atoms. The van der Waals surface area contributed by atoms with Crippen molar-refractivity contribution in [3.8, 4) is 0 Å². The monoisotopic (exact) mass is 266 g/mol.